The Hall–Kier alpha value is -3.56. The van der Waals surface area contributed by atoms with Crippen LogP contribution in [0.15, 0.2) is 65.1 Å². The van der Waals surface area contributed by atoms with Crippen LogP contribution in [0.3, 0.4) is 0 Å². The molecular weight excluding hydrogens is 526 g/mol. The van der Waals surface area contributed by atoms with Gasteiger partial charge in [0.15, 0.2) is 0 Å². The first-order chi connectivity index (χ1) is 16.2. The summed E-state index contributed by atoms with van der Waals surface area (Å²) < 4.78 is 0.754. The first-order valence-corrected chi connectivity index (χ1v) is 11.4. The number of anilines is 1. The molecule has 10 heteroatoms. The van der Waals surface area contributed by atoms with Gasteiger partial charge in [-0.25, -0.2) is 0 Å². The van der Waals surface area contributed by atoms with Crippen molar-refractivity contribution in [2.45, 2.75) is 19.0 Å². The molecule has 0 radical (unpaired) electrons. The van der Waals surface area contributed by atoms with Crippen molar-refractivity contribution in [1.29, 1.82) is 0 Å². The Morgan fingerprint density at radius 3 is 2.35 bits per heavy atom. The number of nitro groups is 1. The van der Waals surface area contributed by atoms with Crippen molar-refractivity contribution in [3.8, 4) is 0 Å². The summed E-state index contributed by atoms with van der Waals surface area (Å²) in [7, 11) is 0. The topological polar surface area (TPSA) is 101 Å². The molecule has 34 heavy (non-hydrogen) atoms. The summed E-state index contributed by atoms with van der Waals surface area (Å²) in [5.41, 5.74) is 1.07. The van der Waals surface area contributed by atoms with E-state index in [0.29, 0.717) is 21.8 Å². The summed E-state index contributed by atoms with van der Waals surface area (Å²) >= 11 is 9.73. The first-order valence-electron chi connectivity index (χ1n) is 10.2. The maximum absolute atomic E-state index is 13.5. The number of hydrogen-bond donors (Lipinski definition) is 0. The molecule has 0 bridgehead atoms. The summed E-state index contributed by atoms with van der Waals surface area (Å²) in [6, 6.07) is 14.4. The van der Waals surface area contributed by atoms with Crippen molar-refractivity contribution in [2.75, 3.05) is 4.90 Å². The molecule has 2 heterocycles. The summed E-state index contributed by atoms with van der Waals surface area (Å²) in [5.74, 6) is -2.06. The molecule has 3 aromatic carbocycles. The fourth-order valence-electron chi connectivity index (χ4n) is 4.56. The number of fused-ring (bicyclic) bond motifs is 1. The van der Waals surface area contributed by atoms with Crippen LogP contribution >= 0.6 is 27.5 Å². The fraction of sp³-hybridized carbons (Fsp3) is 0.125. The van der Waals surface area contributed by atoms with E-state index in [0.717, 1.165) is 9.37 Å². The third kappa shape index (κ3) is 3.15. The van der Waals surface area contributed by atoms with Crippen LogP contribution in [0.5, 0.6) is 0 Å². The van der Waals surface area contributed by atoms with Gasteiger partial charge in [-0.2, -0.15) is 0 Å². The lowest BCUT2D eigenvalue weighted by Crippen LogP contribution is -2.67. The fourth-order valence-corrected chi connectivity index (χ4v) is 5.15. The van der Waals surface area contributed by atoms with Gasteiger partial charge in [0.05, 0.1) is 16.5 Å². The smallest absolute Gasteiger partial charge is 0.282 e. The van der Waals surface area contributed by atoms with Crippen molar-refractivity contribution in [3.05, 3.63) is 103 Å². The van der Waals surface area contributed by atoms with E-state index in [1.165, 1.54) is 23.1 Å². The maximum atomic E-state index is 13.5. The van der Waals surface area contributed by atoms with Crippen LogP contribution in [0, 0.1) is 17.0 Å². The normalized spacial score (nSPS) is 19.3. The number of amides is 3. The Balaban J connectivity index is 1.64. The van der Waals surface area contributed by atoms with Gasteiger partial charge in [-0.05, 0) is 48.4 Å². The number of hydrogen-bond acceptors (Lipinski definition) is 5. The van der Waals surface area contributed by atoms with Gasteiger partial charge in [-0.3, -0.25) is 29.4 Å². The number of rotatable bonds is 4. The van der Waals surface area contributed by atoms with Gasteiger partial charge in [0.1, 0.15) is 11.6 Å². The van der Waals surface area contributed by atoms with Crippen molar-refractivity contribution in [2.24, 2.45) is 0 Å². The van der Waals surface area contributed by atoms with E-state index in [9.17, 15) is 24.5 Å². The predicted molar refractivity (Wildman–Crippen MR) is 128 cm³/mol. The lowest BCUT2D eigenvalue weighted by atomic mass is 9.86. The quantitative estimate of drug-likeness (QED) is 0.199. The SMILES string of the molecule is Cc1c(Cl)cccc1N1C(=O)[C@H](N2C(=O)c3cccc([N+](=O)[O-])c3C2=O)[C@@H]1c1cccc(Br)c1. The summed E-state index contributed by atoms with van der Waals surface area (Å²) in [5, 5.41) is 12.0. The first kappa shape index (κ1) is 22.2. The average molecular weight is 541 g/mol. The molecule has 2 aliphatic heterocycles. The number of nitrogens with zero attached hydrogens (tertiary/aromatic N) is 3. The van der Waals surface area contributed by atoms with Crippen molar-refractivity contribution in [1.82, 2.24) is 4.90 Å². The van der Waals surface area contributed by atoms with Crippen LogP contribution in [0.25, 0.3) is 0 Å². The van der Waals surface area contributed by atoms with Gasteiger partial charge in [0.25, 0.3) is 23.4 Å². The van der Waals surface area contributed by atoms with Crippen LogP contribution in [0.1, 0.15) is 37.9 Å². The molecule has 0 aliphatic carbocycles. The molecule has 0 unspecified atom stereocenters. The Morgan fingerprint density at radius 2 is 1.65 bits per heavy atom. The highest BCUT2D eigenvalue weighted by molar-refractivity contribution is 9.10. The standard InChI is InChI=1S/C24H15BrClN3O5/c1-12-16(26)8-4-9-17(12)27-20(13-5-2-6-14(25)11-13)21(24(27)32)28-22(30)15-7-3-10-18(29(33)34)19(15)23(28)31/h2-11,20-21H,1H3/t20-,21+/m0/s1. The second kappa shape index (κ2) is 8.03. The third-order valence-corrected chi connectivity index (χ3v) is 7.06. The van der Waals surface area contributed by atoms with E-state index in [-0.39, 0.29) is 11.1 Å². The molecule has 170 valence electrons. The molecule has 0 saturated carbocycles. The van der Waals surface area contributed by atoms with E-state index in [1.807, 2.05) is 6.07 Å². The number of carbonyl (C=O) groups excluding carboxylic acids is 3. The van der Waals surface area contributed by atoms with Crippen LogP contribution in [-0.4, -0.2) is 33.6 Å². The van der Waals surface area contributed by atoms with Gasteiger partial charge in [-0.15, -0.1) is 0 Å². The van der Waals surface area contributed by atoms with Crippen LogP contribution in [0.2, 0.25) is 5.02 Å². The highest BCUT2D eigenvalue weighted by Crippen LogP contribution is 2.46. The highest BCUT2D eigenvalue weighted by Gasteiger charge is 2.58. The molecule has 0 aromatic heterocycles. The number of imide groups is 1. The molecule has 3 amide bonds. The molecular formula is C24H15BrClN3O5. The predicted octanol–water partition coefficient (Wildman–Crippen LogP) is 5.07. The number of carbonyl (C=O) groups is 3. The largest absolute Gasteiger partial charge is 0.300 e. The number of β-lactam (4-membered cyclic amide) rings is 1. The number of nitro benzene ring substituents is 1. The van der Waals surface area contributed by atoms with Crippen LogP contribution in [0.4, 0.5) is 11.4 Å². The zero-order valence-electron chi connectivity index (χ0n) is 17.6. The molecule has 5 rings (SSSR count). The molecule has 1 saturated heterocycles. The zero-order valence-corrected chi connectivity index (χ0v) is 19.9. The molecule has 0 N–H and O–H groups in total. The van der Waals surface area contributed by atoms with E-state index in [2.05, 4.69) is 15.9 Å². The van der Waals surface area contributed by atoms with Crippen LogP contribution in [-0.2, 0) is 4.79 Å². The van der Waals surface area contributed by atoms with E-state index >= 15 is 0 Å². The van der Waals surface area contributed by atoms with Gasteiger partial charge in [-0.1, -0.05) is 51.8 Å². The van der Waals surface area contributed by atoms with Crippen LogP contribution < -0.4 is 4.90 Å². The van der Waals surface area contributed by atoms with Gasteiger partial charge < -0.3 is 4.90 Å². The monoisotopic (exact) mass is 539 g/mol. The Bertz CT molecular complexity index is 1430. The Kier molecular flexibility index (Phi) is 5.26. The molecule has 0 spiro atoms. The minimum atomic E-state index is -1.17. The lowest BCUT2D eigenvalue weighted by molar-refractivity contribution is -0.385. The maximum Gasteiger partial charge on any atom is 0.282 e. The van der Waals surface area contributed by atoms with Gasteiger partial charge in [0.2, 0.25) is 0 Å². The molecule has 8 nitrogen and oxygen atoms in total. The average Bonchev–Trinajstić information content (AvgIpc) is 3.05. The van der Waals surface area contributed by atoms with E-state index in [4.69, 9.17) is 11.6 Å². The van der Waals surface area contributed by atoms with Gasteiger partial charge >= 0.3 is 0 Å². The number of benzene rings is 3. The Labute approximate surface area is 207 Å². The highest BCUT2D eigenvalue weighted by atomic mass is 79.9. The van der Waals surface area contributed by atoms with E-state index in [1.54, 1.807) is 43.3 Å². The summed E-state index contributed by atoms with van der Waals surface area (Å²) in [6.45, 7) is 1.78. The summed E-state index contributed by atoms with van der Waals surface area (Å²) in [6.07, 6.45) is 0. The Morgan fingerprint density at radius 1 is 0.941 bits per heavy atom. The second-order valence-corrected chi connectivity index (χ2v) is 9.30. The van der Waals surface area contributed by atoms with Crippen molar-refractivity contribution >= 4 is 56.6 Å². The summed E-state index contributed by atoms with van der Waals surface area (Å²) in [4.78, 5) is 53.3. The minimum absolute atomic E-state index is 0.0858. The van der Waals surface area contributed by atoms with Gasteiger partial charge in [0, 0.05) is 21.2 Å². The number of halogens is 2. The zero-order chi connectivity index (χ0) is 24.3. The molecule has 2 atom stereocenters. The third-order valence-electron chi connectivity index (χ3n) is 6.16. The van der Waals surface area contributed by atoms with Crippen molar-refractivity contribution in [3.63, 3.8) is 0 Å². The van der Waals surface area contributed by atoms with Crippen molar-refractivity contribution < 1.29 is 19.3 Å². The second-order valence-electron chi connectivity index (χ2n) is 7.97. The molecule has 2 aliphatic rings. The molecule has 1 fully saturated rings. The lowest BCUT2D eigenvalue weighted by Gasteiger charge is -2.50. The minimum Gasteiger partial charge on any atom is -0.300 e. The molecule has 3 aromatic rings. The van der Waals surface area contributed by atoms with E-state index < -0.39 is 40.4 Å².